The Morgan fingerprint density at radius 1 is 1.46 bits per heavy atom. The Labute approximate surface area is 86.1 Å². The summed E-state index contributed by atoms with van der Waals surface area (Å²) in [6.45, 7) is 0. The van der Waals surface area contributed by atoms with Crippen LogP contribution in [0.2, 0.25) is 0 Å². The largest absolute Gasteiger partial charge is 0.249 e. The molecule has 0 atom stereocenters. The fraction of sp³-hybridized carbons (Fsp3) is 0.300. The summed E-state index contributed by atoms with van der Waals surface area (Å²) >= 11 is 0. The molecule has 0 saturated carbocycles. The molecule has 1 aromatic rings. The summed E-state index contributed by atoms with van der Waals surface area (Å²) in [6.07, 6.45) is 5.01. The van der Waals surface area contributed by atoms with Gasteiger partial charge in [-0.1, -0.05) is 28.7 Å². The van der Waals surface area contributed by atoms with E-state index in [-0.39, 0.29) is 0 Å². The zero-order chi connectivity index (χ0) is 9.10. The summed E-state index contributed by atoms with van der Waals surface area (Å²) in [4.78, 5) is 4.34. The normalized spacial score (nSPS) is 13.6. The van der Waals surface area contributed by atoms with Gasteiger partial charge in [0.25, 0.3) is 0 Å². The Kier molecular flexibility index (Phi) is 2.82. The molecule has 0 N–H and O–H groups in total. The Morgan fingerprint density at radius 3 is 2.85 bits per heavy atom. The first-order valence-corrected chi connectivity index (χ1v) is 6.61. The fourth-order valence-electron chi connectivity index (χ4n) is 1.06. The van der Waals surface area contributed by atoms with Gasteiger partial charge in [-0.3, -0.25) is 0 Å². The molecule has 0 amide bonds. The summed E-state index contributed by atoms with van der Waals surface area (Å²) in [7, 11) is 3.41. The molecule has 66 valence electrons. The summed E-state index contributed by atoms with van der Waals surface area (Å²) < 4.78 is 0. The van der Waals surface area contributed by atoms with Gasteiger partial charge in [-0.25, -0.2) is 4.98 Å². The van der Waals surface area contributed by atoms with E-state index >= 15 is 0 Å². The molecule has 0 fully saturated rings. The quantitative estimate of drug-likeness (QED) is 0.556. The van der Waals surface area contributed by atoms with Crippen molar-refractivity contribution in [3.05, 3.63) is 23.9 Å². The smallest absolute Gasteiger partial charge is 0.106 e. The van der Waals surface area contributed by atoms with Crippen molar-refractivity contribution in [2.45, 2.75) is 11.4 Å². The number of pyridine rings is 1. The first-order valence-electron chi connectivity index (χ1n) is 4.05. The van der Waals surface area contributed by atoms with Gasteiger partial charge < -0.3 is 0 Å². The van der Waals surface area contributed by atoms with Crippen LogP contribution in [-0.2, 0) is 6.42 Å². The van der Waals surface area contributed by atoms with Gasteiger partial charge in [0.15, 0.2) is 0 Å². The minimum Gasteiger partial charge on any atom is -0.249 e. The van der Waals surface area contributed by atoms with Crippen molar-refractivity contribution in [2.75, 3.05) is 6.26 Å². The van der Waals surface area contributed by atoms with Crippen LogP contribution in [0.4, 0.5) is 0 Å². The average Bonchev–Trinajstić information content (AvgIpc) is 2.93. The summed E-state index contributed by atoms with van der Waals surface area (Å²) in [5, 5.41) is 1.08. The molecule has 0 unspecified atom stereocenters. The maximum atomic E-state index is 4.34. The summed E-state index contributed by atoms with van der Waals surface area (Å²) in [6, 6.07) is 4.20. The van der Waals surface area contributed by atoms with E-state index in [1.807, 2.05) is 6.20 Å². The molecule has 0 aromatic carbocycles. The first-order chi connectivity index (χ1) is 6.38. The molecule has 1 aliphatic carbocycles. The van der Waals surface area contributed by atoms with Crippen molar-refractivity contribution in [1.29, 1.82) is 0 Å². The van der Waals surface area contributed by atoms with Gasteiger partial charge in [-0.2, -0.15) is 0 Å². The number of hydrogen-bond donors (Lipinski definition) is 0. The van der Waals surface area contributed by atoms with Gasteiger partial charge in [0.2, 0.25) is 0 Å². The van der Waals surface area contributed by atoms with Crippen LogP contribution in [0.15, 0.2) is 23.4 Å². The van der Waals surface area contributed by atoms with Crippen molar-refractivity contribution < 1.29 is 0 Å². The highest BCUT2D eigenvalue weighted by Crippen LogP contribution is 2.26. The number of hydrogen-bond acceptors (Lipinski definition) is 3. The highest BCUT2D eigenvalue weighted by Gasteiger charge is 2.10. The van der Waals surface area contributed by atoms with Crippen molar-refractivity contribution in [3.63, 3.8) is 0 Å². The molecular formula is C10H9NS2. The van der Waals surface area contributed by atoms with Crippen molar-refractivity contribution in [2.24, 2.45) is 5.92 Å². The standard InChI is InChI=1S/C10H9NS2/c1-12-13-10-5-4-9(7-11-10)6-8-2-3-8/h4-5,7-8H,6H2,1H3. The van der Waals surface area contributed by atoms with Crippen molar-refractivity contribution in [3.8, 4) is 11.8 Å². The van der Waals surface area contributed by atoms with Gasteiger partial charge in [-0.15, -0.1) is 0 Å². The van der Waals surface area contributed by atoms with Crippen LogP contribution in [0.25, 0.3) is 0 Å². The van der Waals surface area contributed by atoms with E-state index in [1.165, 1.54) is 5.56 Å². The molecule has 0 spiro atoms. The second-order valence-electron chi connectivity index (χ2n) is 2.80. The highest BCUT2D eigenvalue weighted by atomic mass is 33.1. The SMILES string of the molecule is CSSc1ccc(CC2C#C2)cn1. The molecule has 1 nitrogen and oxygen atoms in total. The molecule has 13 heavy (non-hydrogen) atoms. The number of rotatable bonds is 4. The summed E-state index contributed by atoms with van der Waals surface area (Å²) in [5.41, 5.74) is 1.27. The zero-order valence-corrected chi connectivity index (χ0v) is 8.91. The average molecular weight is 207 g/mol. The van der Waals surface area contributed by atoms with Gasteiger partial charge in [0.05, 0.1) is 5.92 Å². The topological polar surface area (TPSA) is 12.9 Å². The molecule has 0 aliphatic heterocycles. The highest BCUT2D eigenvalue weighted by molar-refractivity contribution is 8.76. The van der Waals surface area contributed by atoms with Crippen LogP contribution in [0.5, 0.6) is 0 Å². The van der Waals surface area contributed by atoms with Crippen LogP contribution in [0, 0.1) is 17.8 Å². The second-order valence-corrected chi connectivity index (χ2v) is 5.22. The van der Waals surface area contributed by atoms with E-state index in [0.717, 1.165) is 11.4 Å². The molecular weight excluding hydrogens is 198 g/mol. The maximum absolute atomic E-state index is 4.34. The molecule has 1 aliphatic rings. The first kappa shape index (κ1) is 8.98. The van der Waals surface area contributed by atoms with Crippen LogP contribution >= 0.6 is 21.6 Å². The van der Waals surface area contributed by atoms with Gasteiger partial charge in [-0.05, 0) is 35.1 Å². The van der Waals surface area contributed by atoms with E-state index in [2.05, 4.69) is 35.2 Å². The third kappa shape index (κ3) is 2.68. The lowest BCUT2D eigenvalue weighted by Crippen LogP contribution is -1.90. The monoisotopic (exact) mass is 207 g/mol. The van der Waals surface area contributed by atoms with Crippen molar-refractivity contribution in [1.82, 2.24) is 4.98 Å². The molecule has 0 bridgehead atoms. The lowest BCUT2D eigenvalue weighted by atomic mass is 10.1. The van der Waals surface area contributed by atoms with E-state index in [1.54, 1.807) is 21.6 Å². The molecule has 0 saturated heterocycles. The van der Waals surface area contributed by atoms with E-state index in [4.69, 9.17) is 0 Å². The molecule has 1 heterocycles. The molecule has 1 aromatic heterocycles. The van der Waals surface area contributed by atoms with Crippen LogP contribution in [0.1, 0.15) is 5.56 Å². The number of nitrogens with zero attached hydrogens (tertiary/aromatic N) is 1. The minimum absolute atomic E-state index is 0.459. The fourth-order valence-corrected chi connectivity index (χ4v) is 2.26. The third-order valence-corrected chi connectivity index (χ3v) is 3.35. The molecule has 0 radical (unpaired) electrons. The Hall–Kier alpha value is -0.590. The van der Waals surface area contributed by atoms with Gasteiger partial charge in [0.1, 0.15) is 5.03 Å². The lowest BCUT2D eigenvalue weighted by molar-refractivity contribution is 0.903. The third-order valence-electron chi connectivity index (χ3n) is 1.75. The van der Waals surface area contributed by atoms with Crippen molar-refractivity contribution >= 4 is 21.6 Å². The Bertz CT molecular complexity index is 339. The second kappa shape index (κ2) is 4.08. The van der Waals surface area contributed by atoms with E-state index < -0.39 is 0 Å². The van der Waals surface area contributed by atoms with E-state index in [0.29, 0.717) is 5.92 Å². The van der Waals surface area contributed by atoms with Gasteiger partial charge in [0, 0.05) is 6.20 Å². The van der Waals surface area contributed by atoms with Crippen LogP contribution in [-0.4, -0.2) is 11.2 Å². The molecule has 2 rings (SSSR count). The van der Waals surface area contributed by atoms with E-state index in [9.17, 15) is 0 Å². The van der Waals surface area contributed by atoms with Crippen LogP contribution in [0.3, 0.4) is 0 Å². The van der Waals surface area contributed by atoms with Crippen LogP contribution < -0.4 is 0 Å². The molecule has 3 heteroatoms. The van der Waals surface area contributed by atoms with Gasteiger partial charge >= 0.3 is 0 Å². The maximum Gasteiger partial charge on any atom is 0.106 e. The zero-order valence-electron chi connectivity index (χ0n) is 7.28. The summed E-state index contributed by atoms with van der Waals surface area (Å²) in [5.74, 6) is 6.53. The predicted octanol–water partition coefficient (Wildman–Crippen LogP) is 2.63. The Balaban J connectivity index is 1.96. The predicted molar refractivity (Wildman–Crippen MR) is 58.6 cm³/mol. The minimum atomic E-state index is 0.459. The lowest BCUT2D eigenvalue weighted by Gasteiger charge is -1.99. The Morgan fingerprint density at radius 2 is 2.31 bits per heavy atom. The number of aromatic nitrogens is 1.